The molecule has 0 spiro atoms. The van der Waals surface area contributed by atoms with E-state index in [0.717, 1.165) is 12.7 Å². The van der Waals surface area contributed by atoms with Crippen LogP contribution in [0.2, 0.25) is 0 Å². The van der Waals surface area contributed by atoms with Gasteiger partial charge in [-0.3, -0.25) is 4.79 Å². The molecular weight excluding hydrogens is 328 g/mol. The van der Waals surface area contributed by atoms with Crippen molar-refractivity contribution in [2.24, 2.45) is 5.92 Å². The fourth-order valence-corrected chi connectivity index (χ4v) is 2.95. The number of methoxy groups -OCH3 is 1. The number of rotatable bonds is 6. The average Bonchev–Trinajstić information content (AvgIpc) is 2.46. The number of aryl methyl sites for hydroxylation is 1. The molecule has 0 radical (unpaired) electrons. The first-order valence-corrected chi connectivity index (χ1v) is 7.46. The normalized spacial score (nSPS) is 15.0. The highest BCUT2D eigenvalue weighted by Gasteiger charge is 2.46. The van der Waals surface area contributed by atoms with Crippen LogP contribution in [0.4, 0.5) is 17.6 Å². The van der Waals surface area contributed by atoms with Crippen molar-refractivity contribution in [3.05, 3.63) is 35.1 Å². The number of hydrogen-bond acceptors (Lipinski definition) is 3. The third-order valence-corrected chi connectivity index (χ3v) is 4.14. The van der Waals surface area contributed by atoms with E-state index in [1.807, 2.05) is 0 Å². The summed E-state index contributed by atoms with van der Waals surface area (Å²) in [4.78, 5) is 11.4. The molecular formula is C17H22F4O3. The first-order chi connectivity index (χ1) is 10.9. The van der Waals surface area contributed by atoms with Crippen LogP contribution in [-0.4, -0.2) is 30.5 Å². The van der Waals surface area contributed by atoms with E-state index in [9.17, 15) is 27.5 Å². The lowest BCUT2D eigenvalue weighted by molar-refractivity contribution is -0.222. The number of carbonyl (C=O) groups is 1. The van der Waals surface area contributed by atoms with Gasteiger partial charge in [-0.2, -0.15) is 13.2 Å². The standard InChI is InChI=1S/C17H22F4O3/c1-10-5-6-12(18)8-13(10)16(2,3)9-11(7-14(22)24-4)15(23)17(19,20)21/h5-6,8,11,15,23H,7,9H2,1-4H3/t11?,15-/m0/s1. The number of ether oxygens (including phenoxy) is 1. The minimum absolute atomic E-state index is 0.160. The zero-order valence-electron chi connectivity index (χ0n) is 14.1. The molecule has 1 unspecified atom stereocenters. The summed E-state index contributed by atoms with van der Waals surface area (Å²) in [6.45, 7) is 5.04. The van der Waals surface area contributed by atoms with Gasteiger partial charge in [-0.15, -0.1) is 0 Å². The van der Waals surface area contributed by atoms with E-state index in [1.165, 1.54) is 12.1 Å². The molecule has 1 aromatic carbocycles. The van der Waals surface area contributed by atoms with Crippen molar-refractivity contribution in [2.45, 2.75) is 51.3 Å². The van der Waals surface area contributed by atoms with Crippen molar-refractivity contribution in [1.82, 2.24) is 0 Å². The molecule has 7 heteroatoms. The first kappa shape index (κ1) is 20.4. The van der Waals surface area contributed by atoms with Crippen LogP contribution in [-0.2, 0) is 14.9 Å². The van der Waals surface area contributed by atoms with E-state index in [-0.39, 0.29) is 6.42 Å². The highest BCUT2D eigenvalue weighted by Crippen LogP contribution is 2.38. The predicted molar refractivity (Wildman–Crippen MR) is 81.0 cm³/mol. The van der Waals surface area contributed by atoms with Crippen molar-refractivity contribution < 1.29 is 32.2 Å². The molecule has 2 atom stereocenters. The molecule has 0 aliphatic rings. The fourth-order valence-electron chi connectivity index (χ4n) is 2.95. The molecule has 24 heavy (non-hydrogen) atoms. The van der Waals surface area contributed by atoms with Crippen LogP contribution in [0, 0.1) is 18.7 Å². The van der Waals surface area contributed by atoms with E-state index in [2.05, 4.69) is 4.74 Å². The van der Waals surface area contributed by atoms with E-state index in [1.54, 1.807) is 26.8 Å². The van der Waals surface area contributed by atoms with Gasteiger partial charge < -0.3 is 9.84 Å². The maximum atomic E-state index is 13.5. The second-order valence-corrected chi connectivity index (χ2v) is 6.57. The molecule has 0 aliphatic heterocycles. The maximum Gasteiger partial charge on any atom is 0.414 e. The molecule has 1 aromatic rings. The van der Waals surface area contributed by atoms with E-state index in [0.29, 0.717) is 5.56 Å². The average molecular weight is 350 g/mol. The van der Waals surface area contributed by atoms with Gasteiger partial charge >= 0.3 is 12.1 Å². The Bertz CT molecular complexity index is 582. The Morgan fingerprint density at radius 2 is 1.88 bits per heavy atom. The third-order valence-electron chi connectivity index (χ3n) is 4.14. The fraction of sp³-hybridized carbons (Fsp3) is 0.588. The van der Waals surface area contributed by atoms with Gasteiger partial charge in [0.1, 0.15) is 5.82 Å². The molecule has 0 bridgehead atoms. The van der Waals surface area contributed by atoms with E-state index >= 15 is 0 Å². The van der Waals surface area contributed by atoms with Crippen LogP contribution >= 0.6 is 0 Å². The molecule has 3 nitrogen and oxygen atoms in total. The summed E-state index contributed by atoms with van der Waals surface area (Å²) in [5.41, 5.74) is 0.378. The molecule has 0 amide bonds. The van der Waals surface area contributed by atoms with Gasteiger partial charge in [0, 0.05) is 5.92 Å². The Morgan fingerprint density at radius 3 is 2.38 bits per heavy atom. The number of aliphatic hydroxyl groups excluding tert-OH is 1. The maximum absolute atomic E-state index is 13.5. The van der Waals surface area contributed by atoms with Gasteiger partial charge in [-0.1, -0.05) is 19.9 Å². The van der Waals surface area contributed by atoms with Crippen LogP contribution in [0.15, 0.2) is 18.2 Å². The Kier molecular flexibility index (Phi) is 6.38. The Hall–Kier alpha value is -1.63. The molecule has 1 N–H and O–H groups in total. The summed E-state index contributed by atoms with van der Waals surface area (Å²) in [7, 11) is 1.07. The van der Waals surface area contributed by atoms with Gasteiger partial charge in [0.15, 0.2) is 6.10 Å². The summed E-state index contributed by atoms with van der Waals surface area (Å²) in [6, 6.07) is 4.08. The van der Waals surface area contributed by atoms with Gasteiger partial charge in [0.2, 0.25) is 0 Å². The van der Waals surface area contributed by atoms with Crippen molar-refractivity contribution >= 4 is 5.97 Å². The summed E-state index contributed by atoms with van der Waals surface area (Å²) in [6.07, 6.45) is -8.25. The second-order valence-electron chi connectivity index (χ2n) is 6.57. The Morgan fingerprint density at radius 1 is 1.29 bits per heavy atom. The minimum Gasteiger partial charge on any atom is -0.469 e. The zero-order valence-corrected chi connectivity index (χ0v) is 14.1. The SMILES string of the molecule is COC(=O)CC(CC(C)(C)c1cc(F)ccc1C)[C@H](O)C(F)(F)F. The monoisotopic (exact) mass is 350 g/mol. The number of alkyl halides is 3. The second kappa shape index (κ2) is 7.51. The highest BCUT2D eigenvalue weighted by molar-refractivity contribution is 5.69. The number of hydrogen-bond donors (Lipinski definition) is 1. The molecule has 0 saturated carbocycles. The molecule has 1 rings (SSSR count). The molecule has 0 saturated heterocycles. The number of halogens is 4. The van der Waals surface area contributed by atoms with Crippen molar-refractivity contribution in [3.63, 3.8) is 0 Å². The van der Waals surface area contributed by atoms with Crippen LogP contribution in [0.5, 0.6) is 0 Å². The van der Waals surface area contributed by atoms with Crippen LogP contribution < -0.4 is 0 Å². The lowest BCUT2D eigenvalue weighted by Gasteiger charge is -2.34. The zero-order chi connectivity index (χ0) is 18.7. The quantitative estimate of drug-likeness (QED) is 0.625. The van der Waals surface area contributed by atoms with Gasteiger partial charge in [-0.05, 0) is 42.0 Å². The molecule has 0 aliphatic carbocycles. The predicted octanol–water partition coefficient (Wildman–Crippen LogP) is 3.90. The topological polar surface area (TPSA) is 46.5 Å². The Balaban J connectivity index is 3.15. The molecule has 0 aromatic heterocycles. The smallest absolute Gasteiger partial charge is 0.414 e. The number of carbonyl (C=O) groups excluding carboxylic acids is 1. The van der Waals surface area contributed by atoms with Gasteiger partial charge in [0.05, 0.1) is 13.5 Å². The van der Waals surface area contributed by atoms with E-state index < -0.39 is 41.8 Å². The van der Waals surface area contributed by atoms with E-state index in [4.69, 9.17) is 0 Å². The van der Waals surface area contributed by atoms with Crippen molar-refractivity contribution in [2.75, 3.05) is 7.11 Å². The van der Waals surface area contributed by atoms with Crippen molar-refractivity contribution in [3.8, 4) is 0 Å². The van der Waals surface area contributed by atoms with Gasteiger partial charge in [-0.25, -0.2) is 4.39 Å². The highest BCUT2D eigenvalue weighted by atomic mass is 19.4. The molecule has 0 heterocycles. The number of esters is 1. The Labute approximate surface area is 138 Å². The van der Waals surface area contributed by atoms with Gasteiger partial charge in [0.25, 0.3) is 0 Å². The molecule has 0 fully saturated rings. The largest absolute Gasteiger partial charge is 0.469 e. The number of aliphatic hydroxyl groups is 1. The van der Waals surface area contributed by atoms with Crippen LogP contribution in [0.25, 0.3) is 0 Å². The lowest BCUT2D eigenvalue weighted by Crippen LogP contribution is -2.40. The third kappa shape index (κ3) is 5.19. The first-order valence-electron chi connectivity index (χ1n) is 7.46. The van der Waals surface area contributed by atoms with Crippen LogP contribution in [0.1, 0.15) is 37.8 Å². The summed E-state index contributed by atoms with van der Waals surface area (Å²) < 4.78 is 56.7. The summed E-state index contributed by atoms with van der Waals surface area (Å²) >= 11 is 0. The number of benzene rings is 1. The minimum atomic E-state index is -4.86. The summed E-state index contributed by atoms with van der Waals surface area (Å²) in [5.74, 6) is -2.73. The van der Waals surface area contributed by atoms with Crippen LogP contribution in [0.3, 0.4) is 0 Å². The lowest BCUT2D eigenvalue weighted by atomic mass is 9.73. The summed E-state index contributed by atoms with van der Waals surface area (Å²) in [5, 5.41) is 9.62. The van der Waals surface area contributed by atoms with Crippen molar-refractivity contribution in [1.29, 1.82) is 0 Å². The molecule has 136 valence electrons.